The molecule has 76 valence electrons. The highest BCUT2D eigenvalue weighted by atomic mass is 32.2. The van der Waals surface area contributed by atoms with E-state index in [1.54, 1.807) is 0 Å². The average molecular weight is 198 g/mol. The number of quaternary nitrogens is 1. The van der Waals surface area contributed by atoms with Crippen LogP contribution in [0.3, 0.4) is 0 Å². The van der Waals surface area contributed by atoms with E-state index in [1.807, 2.05) is 27.9 Å². The van der Waals surface area contributed by atoms with Gasteiger partial charge in [0.25, 0.3) is 0 Å². The summed E-state index contributed by atoms with van der Waals surface area (Å²) in [5.74, 6) is 0. The van der Waals surface area contributed by atoms with Gasteiger partial charge in [0.1, 0.15) is 5.54 Å². The zero-order valence-corrected chi connectivity index (χ0v) is 8.60. The molecular formula is C6H16NO4S-. The van der Waals surface area contributed by atoms with Gasteiger partial charge in [-0.05, 0) is 13.8 Å². The van der Waals surface area contributed by atoms with Crippen LogP contribution in [0.1, 0.15) is 13.8 Å². The molecule has 0 heterocycles. The lowest BCUT2D eigenvalue weighted by atomic mass is 10.1. The first kappa shape index (κ1) is 14.5. The number of aliphatic hydroxyl groups excluding tert-OH is 1. The molecule has 0 amide bonds. The van der Waals surface area contributed by atoms with Gasteiger partial charge in [-0.25, -0.2) is 0 Å². The van der Waals surface area contributed by atoms with Gasteiger partial charge < -0.3 is 19.1 Å². The summed E-state index contributed by atoms with van der Waals surface area (Å²) in [6.07, 6.45) is 0. The van der Waals surface area contributed by atoms with Crippen LogP contribution in [0.5, 0.6) is 0 Å². The van der Waals surface area contributed by atoms with Gasteiger partial charge in [-0.1, -0.05) is 0 Å². The van der Waals surface area contributed by atoms with Crippen molar-refractivity contribution in [2.75, 3.05) is 20.7 Å². The highest BCUT2D eigenvalue weighted by Gasteiger charge is 2.22. The molecule has 0 saturated heterocycles. The molecule has 2 N–H and O–H groups in total. The minimum atomic E-state index is -3.11. The van der Waals surface area contributed by atoms with Crippen LogP contribution in [-0.4, -0.2) is 44.7 Å². The van der Waals surface area contributed by atoms with Crippen molar-refractivity contribution in [2.45, 2.75) is 19.4 Å². The fraction of sp³-hybridized carbons (Fsp3) is 1.00. The van der Waals surface area contributed by atoms with Gasteiger partial charge in [-0.2, -0.15) is 0 Å². The Balaban J connectivity index is 0. The summed E-state index contributed by atoms with van der Waals surface area (Å²) in [5, 5.41) is 8.74. The van der Waals surface area contributed by atoms with Gasteiger partial charge in [0.05, 0.1) is 20.7 Å². The fourth-order valence-electron chi connectivity index (χ4n) is 0.158. The fourth-order valence-corrected chi connectivity index (χ4v) is 0.158. The van der Waals surface area contributed by atoms with E-state index in [0.29, 0.717) is 0 Å². The summed E-state index contributed by atoms with van der Waals surface area (Å²) in [4.78, 5) is 1.28. The first-order chi connectivity index (χ1) is 5.24. The third-order valence-corrected chi connectivity index (χ3v) is 1.75. The Bertz CT molecular complexity index is 134. The average Bonchev–Trinajstić information content (AvgIpc) is 1.86. The summed E-state index contributed by atoms with van der Waals surface area (Å²) in [5.41, 5.74) is 0.0139. The van der Waals surface area contributed by atoms with E-state index >= 15 is 0 Å². The van der Waals surface area contributed by atoms with Crippen molar-refractivity contribution in [3.05, 3.63) is 0 Å². The first-order valence-corrected chi connectivity index (χ1v) is 4.42. The van der Waals surface area contributed by atoms with Crippen molar-refractivity contribution in [1.82, 2.24) is 0 Å². The second-order valence-electron chi connectivity index (χ2n) is 3.25. The molecule has 0 aliphatic rings. The summed E-state index contributed by atoms with van der Waals surface area (Å²) >= 11 is -3.11. The zero-order valence-electron chi connectivity index (χ0n) is 7.79. The van der Waals surface area contributed by atoms with Crippen LogP contribution in [0.25, 0.3) is 0 Å². The molecule has 0 aromatic rings. The van der Waals surface area contributed by atoms with E-state index in [2.05, 4.69) is 0 Å². The molecular weight excluding hydrogens is 182 g/mol. The largest absolute Gasteiger partial charge is 0.784 e. The molecule has 0 bridgehead atoms. The predicted octanol–water partition coefficient (Wildman–Crippen LogP) is -2.10. The van der Waals surface area contributed by atoms with Gasteiger partial charge in [0.15, 0.2) is 0 Å². The summed E-state index contributed by atoms with van der Waals surface area (Å²) < 4.78 is 25.3. The molecule has 5 nitrogen and oxygen atoms in total. The molecule has 0 unspecified atom stereocenters. The molecule has 0 spiro atoms. The summed E-state index contributed by atoms with van der Waals surface area (Å²) in [7, 11) is 4.08. The SMILES string of the molecule is C[NH+](C)C(C)(C)CO.O=S([O-])[O-]. The molecule has 0 aliphatic carbocycles. The van der Waals surface area contributed by atoms with Crippen LogP contribution in [0, 0.1) is 0 Å². The second kappa shape index (κ2) is 6.50. The number of likely N-dealkylation sites (N-methyl/N-ethyl adjacent to an activating group) is 1. The predicted molar refractivity (Wildman–Crippen MR) is 43.7 cm³/mol. The third-order valence-electron chi connectivity index (χ3n) is 1.75. The van der Waals surface area contributed by atoms with Crippen molar-refractivity contribution in [2.24, 2.45) is 0 Å². The first-order valence-electron chi connectivity index (χ1n) is 3.42. The van der Waals surface area contributed by atoms with E-state index in [1.165, 1.54) is 4.90 Å². The Morgan fingerprint density at radius 2 is 1.67 bits per heavy atom. The van der Waals surface area contributed by atoms with Crippen LogP contribution in [0.4, 0.5) is 0 Å². The standard InChI is InChI=1S/C6H15NO.H2O3S/c1-6(2,5-8)7(3)4;1-4(2)3/h8H,5H2,1-4H3;(H2,1,2,3)/p-1. The van der Waals surface area contributed by atoms with Crippen LogP contribution < -0.4 is 4.90 Å². The summed E-state index contributed by atoms with van der Waals surface area (Å²) in [6.45, 7) is 4.31. The van der Waals surface area contributed by atoms with Gasteiger partial charge in [-0.15, -0.1) is 11.4 Å². The molecule has 0 aromatic carbocycles. The number of hydrogen-bond acceptors (Lipinski definition) is 4. The van der Waals surface area contributed by atoms with E-state index in [9.17, 15) is 0 Å². The van der Waals surface area contributed by atoms with Gasteiger partial charge in [-0.3, -0.25) is 4.21 Å². The molecule has 0 atom stereocenters. The van der Waals surface area contributed by atoms with E-state index in [0.717, 1.165) is 0 Å². The lowest BCUT2D eigenvalue weighted by Crippen LogP contribution is -3.14. The topological polar surface area (TPSA) is 87.9 Å². The second-order valence-corrected chi connectivity index (χ2v) is 3.65. The van der Waals surface area contributed by atoms with E-state index in [-0.39, 0.29) is 12.1 Å². The van der Waals surface area contributed by atoms with Crippen molar-refractivity contribution in [3.8, 4) is 0 Å². The van der Waals surface area contributed by atoms with Crippen LogP contribution in [0.15, 0.2) is 0 Å². The molecule has 0 radical (unpaired) electrons. The Labute approximate surface area is 75.5 Å². The van der Waals surface area contributed by atoms with Crippen molar-refractivity contribution < 1.29 is 23.3 Å². The van der Waals surface area contributed by atoms with Crippen molar-refractivity contribution >= 4 is 11.4 Å². The summed E-state index contributed by atoms with van der Waals surface area (Å²) in [6, 6.07) is 0. The number of aliphatic hydroxyl groups is 1. The maximum Gasteiger partial charge on any atom is 0.115 e. The molecule has 12 heavy (non-hydrogen) atoms. The molecule has 0 aliphatic heterocycles. The van der Waals surface area contributed by atoms with E-state index in [4.69, 9.17) is 18.4 Å². The highest BCUT2D eigenvalue weighted by Crippen LogP contribution is 1.90. The maximum absolute atomic E-state index is 8.74. The van der Waals surface area contributed by atoms with E-state index < -0.39 is 11.4 Å². The molecule has 0 fully saturated rings. The molecule has 0 saturated carbocycles. The lowest BCUT2D eigenvalue weighted by Gasteiger charge is -2.26. The molecule has 0 rings (SSSR count). The van der Waals surface area contributed by atoms with Crippen LogP contribution in [0.2, 0.25) is 0 Å². The molecule has 0 aromatic heterocycles. The van der Waals surface area contributed by atoms with Crippen LogP contribution in [-0.2, 0) is 11.4 Å². The quantitative estimate of drug-likeness (QED) is 0.497. The Kier molecular flexibility index (Phi) is 7.86. The smallest absolute Gasteiger partial charge is 0.115 e. The monoisotopic (exact) mass is 198 g/mol. The number of rotatable bonds is 2. The Hall–Kier alpha value is -0.0100. The normalized spacial score (nSPS) is 11.4. The third kappa shape index (κ3) is 9.99. The minimum Gasteiger partial charge on any atom is -0.784 e. The van der Waals surface area contributed by atoms with Gasteiger partial charge in [0, 0.05) is 0 Å². The number of nitrogens with one attached hydrogen (secondary N) is 1. The van der Waals surface area contributed by atoms with Crippen molar-refractivity contribution in [3.63, 3.8) is 0 Å². The Morgan fingerprint density at radius 1 is 1.42 bits per heavy atom. The molecule has 6 heteroatoms. The maximum atomic E-state index is 8.74. The van der Waals surface area contributed by atoms with Crippen LogP contribution >= 0.6 is 0 Å². The number of hydrogen-bond donors (Lipinski definition) is 2. The van der Waals surface area contributed by atoms with Gasteiger partial charge >= 0.3 is 0 Å². The minimum absolute atomic E-state index is 0.0139. The van der Waals surface area contributed by atoms with Gasteiger partial charge in [0.2, 0.25) is 0 Å². The van der Waals surface area contributed by atoms with Crippen molar-refractivity contribution in [1.29, 1.82) is 0 Å². The zero-order chi connectivity index (χ0) is 10.4. The Morgan fingerprint density at radius 3 is 1.67 bits per heavy atom. The highest BCUT2D eigenvalue weighted by molar-refractivity contribution is 7.72. The lowest BCUT2D eigenvalue weighted by molar-refractivity contribution is -0.911.